The van der Waals surface area contributed by atoms with Crippen LogP contribution in [0.25, 0.3) is 0 Å². The minimum atomic E-state index is -1.29. The number of hydrogen-bond acceptors (Lipinski definition) is 3. The highest BCUT2D eigenvalue weighted by Crippen LogP contribution is 2.38. The standard InChI is InChI=1S/C16H20N2O4/c19-8-13(15(20)21)17-16(22)18-14-11-5-1-3-9(11)7-10-4-2-6-12(10)14/h7,13,19H,1-6,8H2,(H,20,21)(H2,17,18,22)/t13-/m1/s1. The Morgan fingerprint density at radius 2 is 1.68 bits per heavy atom. The van der Waals surface area contributed by atoms with E-state index in [-0.39, 0.29) is 0 Å². The lowest BCUT2D eigenvalue weighted by molar-refractivity contribution is -0.140. The largest absolute Gasteiger partial charge is 0.480 e. The van der Waals surface area contributed by atoms with E-state index in [0.717, 1.165) is 44.2 Å². The number of anilines is 1. The Morgan fingerprint density at radius 1 is 1.09 bits per heavy atom. The monoisotopic (exact) mass is 304 g/mol. The summed E-state index contributed by atoms with van der Waals surface area (Å²) in [4.78, 5) is 23.0. The first-order valence-corrected chi connectivity index (χ1v) is 7.68. The fourth-order valence-corrected chi connectivity index (χ4v) is 3.46. The molecule has 6 nitrogen and oxygen atoms in total. The summed E-state index contributed by atoms with van der Waals surface area (Å²) in [5.41, 5.74) is 5.83. The number of carbonyl (C=O) groups is 2. The summed E-state index contributed by atoms with van der Waals surface area (Å²) < 4.78 is 0. The maximum Gasteiger partial charge on any atom is 0.328 e. The topological polar surface area (TPSA) is 98.7 Å². The van der Waals surface area contributed by atoms with Gasteiger partial charge >= 0.3 is 12.0 Å². The Morgan fingerprint density at radius 3 is 2.18 bits per heavy atom. The van der Waals surface area contributed by atoms with Gasteiger partial charge in [0.25, 0.3) is 0 Å². The summed E-state index contributed by atoms with van der Waals surface area (Å²) in [6, 6.07) is 0.405. The molecule has 0 aliphatic heterocycles. The quantitative estimate of drug-likeness (QED) is 0.672. The molecule has 4 N–H and O–H groups in total. The van der Waals surface area contributed by atoms with Crippen LogP contribution < -0.4 is 10.6 Å². The van der Waals surface area contributed by atoms with E-state index in [1.807, 2.05) is 0 Å². The number of aliphatic hydroxyl groups is 1. The van der Waals surface area contributed by atoms with Crippen molar-refractivity contribution in [2.75, 3.05) is 11.9 Å². The summed E-state index contributed by atoms with van der Waals surface area (Å²) in [6.07, 6.45) is 6.13. The van der Waals surface area contributed by atoms with Gasteiger partial charge in [-0.3, -0.25) is 0 Å². The third-order valence-electron chi connectivity index (χ3n) is 4.50. The van der Waals surface area contributed by atoms with Crippen molar-refractivity contribution in [3.8, 4) is 0 Å². The number of urea groups is 1. The molecule has 0 heterocycles. The van der Waals surface area contributed by atoms with Crippen LogP contribution in [0.5, 0.6) is 0 Å². The van der Waals surface area contributed by atoms with Crippen LogP contribution in [0.2, 0.25) is 0 Å². The second kappa shape index (κ2) is 5.96. The van der Waals surface area contributed by atoms with Crippen molar-refractivity contribution in [3.63, 3.8) is 0 Å². The smallest absolute Gasteiger partial charge is 0.328 e. The summed E-state index contributed by atoms with van der Waals surface area (Å²) in [6.45, 7) is -0.631. The second-order valence-corrected chi connectivity index (χ2v) is 5.91. The van der Waals surface area contributed by atoms with Crippen molar-refractivity contribution in [1.82, 2.24) is 5.32 Å². The normalized spacial score (nSPS) is 16.8. The van der Waals surface area contributed by atoms with Gasteiger partial charge in [0, 0.05) is 5.69 Å². The number of aliphatic carboxylic acids is 1. The molecule has 0 aromatic heterocycles. The first-order valence-electron chi connectivity index (χ1n) is 7.68. The number of carboxylic acid groups (broad SMARTS) is 1. The zero-order valence-corrected chi connectivity index (χ0v) is 12.3. The molecule has 2 aliphatic carbocycles. The highest BCUT2D eigenvalue weighted by Gasteiger charge is 2.26. The van der Waals surface area contributed by atoms with Crippen LogP contribution in [0.4, 0.5) is 10.5 Å². The first kappa shape index (κ1) is 14.8. The average molecular weight is 304 g/mol. The van der Waals surface area contributed by atoms with Gasteiger partial charge in [-0.25, -0.2) is 9.59 Å². The summed E-state index contributed by atoms with van der Waals surface area (Å²) in [5, 5.41) is 23.0. The Labute approximate surface area is 128 Å². The molecule has 0 saturated heterocycles. The molecule has 0 bridgehead atoms. The molecular weight excluding hydrogens is 284 g/mol. The zero-order valence-electron chi connectivity index (χ0n) is 12.3. The van der Waals surface area contributed by atoms with Gasteiger partial charge in [-0.15, -0.1) is 0 Å². The predicted octanol–water partition coefficient (Wildman–Crippen LogP) is 1.23. The molecule has 2 aliphatic rings. The van der Waals surface area contributed by atoms with Crippen LogP contribution in [0.15, 0.2) is 6.07 Å². The van der Waals surface area contributed by atoms with Crippen molar-refractivity contribution in [2.45, 2.75) is 44.6 Å². The van der Waals surface area contributed by atoms with E-state index < -0.39 is 24.6 Å². The summed E-state index contributed by atoms with van der Waals surface area (Å²) in [5.74, 6) is -1.25. The lowest BCUT2D eigenvalue weighted by Gasteiger charge is -2.18. The Balaban J connectivity index is 1.83. The number of amides is 2. The first-order chi connectivity index (χ1) is 10.6. The van der Waals surface area contributed by atoms with Gasteiger partial charge in [-0.2, -0.15) is 0 Å². The molecule has 1 aromatic rings. The van der Waals surface area contributed by atoms with Crippen LogP contribution in [-0.4, -0.2) is 34.9 Å². The van der Waals surface area contributed by atoms with Crippen molar-refractivity contribution in [2.24, 2.45) is 0 Å². The summed E-state index contributed by atoms with van der Waals surface area (Å²) >= 11 is 0. The number of nitrogens with one attached hydrogen (secondary N) is 2. The molecule has 3 rings (SSSR count). The van der Waals surface area contributed by atoms with Crippen LogP contribution >= 0.6 is 0 Å². The number of fused-ring (bicyclic) bond motifs is 2. The van der Waals surface area contributed by atoms with E-state index >= 15 is 0 Å². The molecule has 0 unspecified atom stereocenters. The van der Waals surface area contributed by atoms with Crippen LogP contribution in [0.1, 0.15) is 35.1 Å². The van der Waals surface area contributed by atoms with Crippen LogP contribution in [0, 0.1) is 0 Å². The minimum Gasteiger partial charge on any atom is -0.480 e. The van der Waals surface area contributed by atoms with E-state index in [1.165, 1.54) is 22.3 Å². The van der Waals surface area contributed by atoms with Gasteiger partial charge in [0.15, 0.2) is 6.04 Å². The molecule has 0 radical (unpaired) electrons. The highest BCUT2D eigenvalue weighted by atomic mass is 16.4. The molecule has 0 saturated carbocycles. The molecule has 0 spiro atoms. The average Bonchev–Trinajstić information content (AvgIpc) is 3.12. The molecule has 1 atom stereocenters. The van der Waals surface area contributed by atoms with Crippen molar-refractivity contribution in [3.05, 3.63) is 28.3 Å². The molecule has 6 heteroatoms. The maximum atomic E-state index is 12.1. The molecule has 2 amide bonds. The number of aryl methyl sites for hydroxylation is 2. The van der Waals surface area contributed by atoms with Crippen LogP contribution in [-0.2, 0) is 30.5 Å². The molecule has 0 fully saturated rings. The number of rotatable bonds is 4. The molecular formula is C16H20N2O4. The number of hydrogen-bond donors (Lipinski definition) is 4. The van der Waals surface area contributed by atoms with Gasteiger partial charge in [0.2, 0.25) is 0 Å². The van der Waals surface area contributed by atoms with Gasteiger partial charge in [0.1, 0.15) is 0 Å². The SMILES string of the molecule is O=C(Nc1c2c(cc3c1CCC3)CCC2)N[C@H](CO)C(=O)O. The summed E-state index contributed by atoms with van der Waals surface area (Å²) in [7, 11) is 0. The lowest BCUT2D eigenvalue weighted by Crippen LogP contribution is -2.45. The van der Waals surface area contributed by atoms with Gasteiger partial charge in [0.05, 0.1) is 6.61 Å². The van der Waals surface area contributed by atoms with Gasteiger partial charge in [-0.05, 0) is 60.8 Å². The highest BCUT2D eigenvalue weighted by molar-refractivity contribution is 5.94. The van der Waals surface area contributed by atoms with Gasteiger partial charge in [-0.1, -0.05) is 6.07 Å². The fraction of sp³-hybridized carbons (Fsp3) is 0.500. The number of aliphatic hydroxyl groups excluding tert-OH is 1. The van der Waals surface area contributed by atoms with E-state index in [9.17, 15) is 9.59 Å². The second-order valence-electron chi connectivity index (χ2n) is 5.91. The van der Waals surface area contributed by atoms with E-state index in [1.54, 1.807) is 0 Å². The molecule has 118 valence electrons. The zero-order chi connectivity index (χ0) is 15.7. The van der Waals surface area contributed by atoms with Crippen molar-refractivity contribution < 1.29 is 19.8 Å². The fourth-order valence-electron chi connectivity index (χ4n) is 3.46. The minimum absolute atomic E-state index is 0.573. The molecule has 1 aromatic carbocycles. The van der Waals surface area contributed by atoms with Crippen LogP contribution in [0.3, 0.4) is 0 Å². The van der Waals surface area contributed by atoms with Crippen molar-refractivity contribution in [1.29, 1.82) is 0 Å². The maximum absolute atomic E-state index is 12.1. The van der Waals surface area contributed by atoms with Gasteiger partial charge < -0.3 is 20.8 Å². The molecule has 22 heavy (non-hydrogen) atoms. The predicted molar refractivity (Wildman–Crippen MR) is 81.2 cm³/mol. The Hall–Kier alpha value is -2.08. The Bertz CT molecular complexity index is 595. The lowest BCUT2D eigenvalue weighted by atomic mass is 9.99. The van der Waals surface area contributed by atoms with Crippen molar-refractivity contribution >= 4 is 17.7 Å². The number of benzene rings is 1. The van der Waals surface area contributed by atoms with E-state index in [4.69, 9.17) is 10.2 Å². The number of carbonyl (C=O) groups excluding carboxylic acids is 1. The number of carboxylic acids is 1. The third-order valence-corrected chi connectivity index (χ3v) is 4.50. The van der Waals surface area contributed by atoms with E-state index in [2.05, 4.69) is 16.7 Å². The van der Waals surface area contributed by atoms with E-state index in [0.29, 0.717) is 0 Å². The third kappa shape index (κ3) is 2.66. The Kier molecular flexibility index (Phi) is 4.02.